The molecule has 0 saturated carbocycles. The lowest BCUT2D eigenvalue weighted by atomic mass is 10.0. The Morgan fingerprint density at radius 3 is 1.31 bits per heavy atom. The quantitative estimate of drug-likeness (QED) is 0.0769. The van der Waals surface area contributed by atoms with E-state index in [1.165, 1.54) is 5.39 Å². The molecular formula is C48H32Br4N4O2. The summed E-state index contributed by atoms with van der Waals surface area (Å²) in [5.74, 6) is -0.991. The largest absolute Gasteiger partial charge is 0.397 e. The van der Waals surface area contributed by atoms with E-state index in [1.807, 2.05) is 72.8 Å². The van der Waals surface area contributed by atoms with Crippen LogP contribution in [0.15, 0.2) is 188 Å². The minimum Gasteiger partial charge on any atom is -0.397 e. The second-order valence-electron chi connectivity index (χ2n) is 13.1. The van der Waals surface area contributed by atoms with E-state index >= 15 is 0 Å². The molecule has 0 atom stereocenters. The fraction of sp³-hybridized carbons (Fsp3) is 0. The van der Waals surface area contributed by atoms with Crippen LogP contribution in [0.3, 0.4) is 0 Å². The lowest BCUT2D eigenvalue weighted by Gasteiger charge is -2.12. The van der Waals surface area contributed by atoms with Crippen LogP contribution in [-0.2, 0) is 0 Å². The predicted molar refractivity (Wildman–Crippen MR) is 253 cm³/mol. The van der Waals surface area contributed by atoms with Gasteiger partial charge in [0.05, 0.1) is 33.8 Å². The van der Waals surface area contributed by atoms with Crippen LogP contribution in [0, 0.1) is 0 Å². The third kappa shape index (κ3) is 9.43. The Morgan fingerprint density at radius 1 is 0.414 bits per heavy atom. The van der Waals surface area contributed by atoms with Gasteiger partial charge in [0.15, 0.2) is 0 Å². The van der Waals surface area contributed by atoms with Gasteiger partial charge in [0, 0.05) is 50.9 Å². The van der Waals surface area contributed by atoms with Gasteiger partial charge in [-0.2, -0.15) is 0 Å². The number of anilines is 2. The normalized spacial score (nSPS) is 10.7. The summed E-state index contributed by atoms with van der Waals surface area (Å²) in [7, 11) is 0. The third-order valence-corrected chi connectivity index (χ3v) is 11.3. The molecule has 0 fully saturated rings. The van der Waals surface area contributed by atoms with Gasteiger partial charge in [-0.3, -0.25) is 9.59 Å². The summed E-state index contributed by atoms with van der Waals surface area (Å²) in [5.41, 5.74) is 19.3. The number of benzene rings is 8. The lowest BCUT2D eigenvalue weighted by Crippen LogP contribution is -2.14. The maximum atomic E-state index is 12.0. The molecule has 284 valence electrons. The van der Waals surface area contributed by atoms with Crippen molar-refractivity contribution in [3.05, 3.63) is 199 Å². The van der Waals surface area contributed by atoms with Crippen molar-refractivity contribution in [2.75, 3.05) is 11.5 Å². The predicted octanol–water partition coefficient (Wildman–Crippen LogP) is 13.9. The van der Waals surface area contributed by atoms with Crippen LogP contribution >= 0.6 is 63.7 Å². The Hall–Kier alpha value is -5.52. The zero-order valence-electron chi connectivity index (χ0n) is 30.5. The Labute approximate surface area is 368 Å². The summed E-state index contributed by atoms with van der Waals surface area (Å²) in [4.78, 5) is 34.1. The fourth-order valence-corrected chi connectivity index (χ4v) is 7.24. The Kier molecular flexibility index (Phi) is 12.9. The molecule has 1 aromatic heterocycles. The Balaban J connectivity index is 0.000000146. The Morgan fingerprint density at radius 2 is 0.810 bits per heavy atom. The van der Waals surface area contributed by atoms with Gasteiger partial charge in [-0.25, -0.2) is 9.97 Å². The van der Waals surface area contributed by atoms with Gasteiger partial charge < -0.3 is 11.5 Å². The minimum atomic E-state index is -0.496. The van der Waals surface area contributed by atoms with Gasteiger partial charge in [-0.05, 0) is 95.7 Å². The molecule has 0 spiro atoms. The van der Waals surface area contributed by atoms with Crippen molar-refractivity contribution in [1.29, 1.82) is 0 Å². The second-order valence-corrected chi connectivity index (χ2v) is 16.7. The van der Waals surface area contributed by atoms with Crippen molar-refractivity contribution in [3.8, 4) is 22.5 Å². The number of aromatic nitrogens is 2. The molecule has 58 heavy (non-hydrogen) atoms. The van der Waals surface area contributed by atoms with Crippen molar-refractivity contribution in [1.82, 2.24) is 9.97 Å². The van der Waals surface area contributed by atoms with E-state index in [4.69, 9.17) is 21.4 Å². The number of fused-ring (bicyclic) bond motifs is 4. The number of ketones is 2. The molecule has 0 bridgehead atoms. The maximum Gasteiger partial charge on any atom is 0.233 e. The number of Topliss-reactive ketones (excluding diaryl/α,β-unsaturated/α-hetero) is 2. The number of halogens is 4. The topological polar surface area (TPSA) is 112 Å². The van der Waals surface area contributed by atoms with Crippen molar-refractivity contribution >= 4 is 119 Å². The maximum absolute atomic E-state index is 12.0. The van der Waals surface area contributed by atoms with Gasteiger partial charge in [0.2, 0.25) is 11.6 Å². The van der Waals surface area contributed by atoms with E-state index in [0.717, 1.165) is 67.6 Å². The molecule has 4 N–H and O–H groups in total. The highest BCUT2D eigenvalue weighted by atomic mass is 79.9. The van der Waals surface area contributed by atoms with Crippen molar-refractivity contribution in [2.24, 2.45) is 0 Å². The summed E-state index contributed by atoms with van der Waals surface area (Å²) in [6.07, 6.45) is 0. The van der Waals surface area contributed by atoms with E-state index in [0.29, 0.717) is 22.5 Å². The van der Waals surface area contributed by atoms with Gasteiger partial charge in [0.25, 0.3) is 0 Å². The average molecular weight is 1020 g/mol. The smallest absolute Gasteiger partial charge is 0.233 e. The molecule has 9 aromatic rings. The van der Waals surface area contributed by atoms with Crippen molar-refractivity contribution < 1.29 is 9.59 Å². The molecule has 1 heterocycles. The van der Waals surface area contributed by atoms with Gasteiger partial charge in [-0.15, -0.1) is 0 Å². The summed E-state index contributed by atoms with van der Waals surface area (Å²) in [6, 6.07) is 54.1. The number of rotatable bonds is 5. The van der Waals surface area contributed by atoms with Gasteiger partial charge in [-0.1, -0.05) is 149 Å². The van der Waals surface area contributed by atoms with Crippen LogP contribution in [0.5, 0.6) is 0 Å². The van der Waals surface area contributed by atoms with Crippen LogP contribution in [0.1, 0.15) is 20.7 Å². The molecule has 0 aliphatic carbocycles. The highest BCUT2D eigenvalue weighted by molar-refractivity contribution is 9.11. The molecule has 10 heteroatoms. The number of hydrogen-bond donors (Lipinski definition) is 2. The highest BCUT2D eigenvalue weighted by Gasteiger charge is 2.18. The first-order chi connectivity index (χ1) is 28.0. The first-order valence-corrected chi connectivity index (χ1v) is 21.1. The number of hydrogen-bond acceptors (Lipinski definition) is 6. The number of nitrogens with two attached hydrogens (primary N) is 2. The van der Waals surface area contributed by atoms with Crippen LogP contribution in [0.25, 0.3) is 55.1 Å². The zero-order chi connectivity index (χ0) is 40.8. The summed E-state index contributed by atoms with van der Waals surface area (Å²) >= 11 is 13.6. The first kappa shape index (κ1) is 40.7. The number of nitrogens with zero attached hydrogens (tertiary/aromatic N) is 2. The number of carbonyl (C=O) groups is 2. The molecule has 0 saturated heterocycles. The molecule has 0 aliphatic rings. The fourth-order valence-electron chi connectivity index (χ4n) is 6.18. The zero-order valence-corrected chi connectivity index (χ0v) is 36.9. The van der Waals surface area contributed by atoms with Crippen LogP contribution < -0.4 is 11.5 Å². The number of nitrogen functional groups attached to an aromatic ring is 2. The first-order valence-electron chi connectivity index (χ1n) is 17.9. The molecule has 6 nitrogen and oxygen atoms in total. The standard InChI is InChI=1S/C24H14Br2N2.C14H8Br2O2.C10H10N2/c25-18-10-5-16(6-11-18)22-23(17-7-12-19(26)13-8-17)28-24-20-4-2-1-3-15(20)9-14-21(24)27-22;15-11-5-1-9(2-6-11)13(17)14(18)10-3-7-12(16)8-4-10;11-9-6-5-7-3-1-2-4-8(7)10(9)12/h1-14H;1-8H;1-6H,11-12H2. The summed E-state index contributed by atoms with van der Waals surface area (Å²) < 4.78 is 3.83. The highest BCUT2D eigenvalue weighted by Crippen LogP contribution is 2.34. The average Bonchev–Trinajstić information content (AvgIpc) is 3.25. The molecular weight excluding hydrogens is 984 g/mol. The second kappa shape index (κ2) is 18.4. The molecule has 0 unspecified atom stereocenters. The van der Waals surface area contributed by atoms with Gasteiger partial charge >= 0.3 is 0 Å². The molecule has 8 aromatic carbocycles. The lowest BCUT2D eigenvalue weighted by molar-refractivity contribution is 0.0817. The third-order valence-electron chi connectivity index (χ3n) is 9.22. The van der Waals surface area contributed by atoms with E-state index < -0.39 is 11.6 Å². The number of carbonyl (C=O) groups excluding carboxylic acids is 2. The van der Waals surface area contributed by atoms with Gasteiger partial charge in [0.1, 0.15) is 0 Å². The monoisotopic (exact) mass is 1010 g/mol. The van der Waals surface area contributed by atoms with Crippen LogP contribution in [-0.4, -0.2) is 21.5 Å². The van der Waals surface area contributed by atoms with E-state index in [1.54, 1.807) is 48.5 Å². The SMILES string of the molecule is Brc1ccc(-c2nc3ccc4ccccc4c3nc2-c2ccc(Br)cc2)cc1.Nc1ccc2ccccc2c1N.O=C(C(=O)c1ccc(Br)cc1)c1ccc(Br)cc1. The molecule has 9 rings (SSSR count). The molecule has 0 radical (unpaired) electrons. The van der Waals surface area contributed by atoms with E-state index in [2.05, 4.69) is 112 Å². The molecule has 0 aliphatic heterocycles. The summed E-state index contributed by atoms with van der Waals surface area (Å²) in [5, 5.41) is 4.44. The van der Waals surface area contributed by atoms with Crippen LogP contribution in [0.2, 0.25) is 0 Å². The van der Waals surface area contributed by atoms with E-state index in [-0.39, 0.29) is 0 Å². The van der Waals surface area contributed by atoms with Crippen LogP contribution in [0.4, 0.5) is 11.4 Å². The minimum absolute atomic E-state index is 0.395. The van der Waals surface area contributed by atoms with Crippen molar-refractivity contribution in [2.45, 2.75) is 0 Å². The molecule has 0 amide bonds. The van der Waals surface area contributed by atoms with E-state index in [9.17, 15) is 9.59 Å². The summed E-state index contributed by atoms with van der Waals surface area (Å²) in [6.45, 7) is 0. The van der Waals surface area contributed by atoms with Crippen molar-refractivity contribution in [3.63, 3.8) is 0 Å². The Bertz CT molecular complexity index is 2870.